The number of Topliss-reactive ketones (excluding diaryl/α,β-unsaturated/α-hetero) is 1. The van der Waals surface area contributed by atoms with Gasteiger partial charge in [0.25, 0.3) is 0 Å². The summed E-state index contributed by atoms with van der Waals surface area (Å²) in [5, 5.41) is 14.4. The van der Waals surface area contributed by atoms with Crippen LogP contribution in [0.1, 0.15) is 23.2 Å². The molecule has 0 atom stereocenters. The van der Waals surface area contributed by atoms with Gasteiger partial charge < -0.3 is 10.1 Å². The fourth-order valence-corrected chi connectivity index (χ4v) is 2.27. The number of nitrogens with zero attached hydrogens (tertiary/aromatic N) is 3. The Labute approximate surface area is 127 Å². The number of aryl methyl sites for hydroxylation is 1. The molecule has 0 unspecified atom stereocenters. The first-order valence-electron chi connectivity index (χ1n) is 6.13. The topological polar surface area (TPSA) is 78.0 Å². The third-order valence-corrected chi connectivity index (χ3v) is 3.39. The third kappa shape index (κ3) is 3.94. The lowest BCUT2D eigenvalue weighted by Gasteiger charge is -2.00. The van der Waals surface area contributed by atoms with Gasteiger partial charge in [0.15, 0.2) is 5.78 Å². The molecule has 0 fully saturated rings. The average Bonchev–Trinajstić information content (AvgIpc) is 2.80. The number of ketones is 1. The highest BCUT2D eigenvalue weighted by atomic mass is 79.9. The Morgan fingerprint density at radius 2 is 2.05 bits per heavy atom. The van der Waals surface area contributed by atoms with Gasteiger partial charge >= 0.3 is 5.82 Å². The smallest absolute Gasteiger partial charge is 0.358 e. The molecule has 0 saturated heterocycles. The first kappa shape index (κ1) is 15.3. The molecular weight excluding hydrogens is 345 g/mol. The maximum atomic E-state index is 12.7. The van der Waals surface area contributed by atoms with Crippen molar-refractivity contribution in [1.29, 1.82) is 0 Å². The van der Waals surface area contributed by atoms with Crippen molar-refractivity contribution in [1.82, 2.24) is 9.78 Å². The van der Waals surface area contributed by atoms with E-state index in [4.69, 9.17) is 0 Å². The van der Waals surface area contributed by atoms with Crippen LogP contribution in [-0.2, 0) is 6.54 Å². The Balaban J connectivity index is 1.89. The van der Waals surface area contributed by atoms with Crippen LogP contribution in [0.3, 0.4) is 0 Å². The number of carbonyl (C=O) groups is 1. The number of carbonyl (C=O) groups excluding carboxylic acids is 1. The van der Waals surface area contributed by atoms with E-state index in [0.717, 1.165) is 0 Å². The molecule has 0 radical (unpaired) electrons. The molecule has 0 aliphatic carbocycles. The summed E-state index contributed by atoms with van der Waals surface area (Å²) in [6.07, 6.45) is 2.25. The van der Waals surface area contributed by atoms with Gasteiger partial charge in [0.2, 0.25) is 0 Å². The van der Waals surface area contributed by atoms with Crippen LogP contribution in [0.5, 0.6) is 0 Å². The number of hydrogen-bond acceptors (Lipinski definition) is 4. The molecule has 1 aromatic carbocycles. The minimum Gasteiger partial charge on any atom is -0.358 e. The minimum absolute atomic E-state index is 0.101. The molecule has 0 amide bonds. The van der Waals surface area contributed by atoms with Gasteiger partial charge in [-0.1, -0.05) is 0 Å². The SMILES string of the molecule is O=C(CCCn1cc(Br)c([N+](=O)[O-])n1)c1ccc(F)cc1. The molecule has 8 heteroatoms. The van der Waals surface area contributed by atoms with Crippen molar-refractivity contribution in [3.63, 3.8) is 0 Å². The van der Waals surface area contributed by atoms with Gasteiger partial charge in [0, 0.05) is 12.0 Å². The van der Waals surface area contributed by atoms with Gasteiger partial charge in [-0.3, -0.25) is 4.79 Å². The number of aromatic nitrogens is 2. The standard InChI is InChI=1S/C13H11BrFN3O3/c14-11-8-17(16-13(11)18(20)21)7-1-2-12(19)9-3-5-10(15)6-4-9/h3-6,8H,1-2,7H2. The summed E-state index contributed by atoms with van der Waals surface area (Å²) in [5.41, 5.74) is 0.448. The second kappa shape index (κ2) is 6.57. The van der Waals surface area contributed by atoms with Crippen molar-refractivity contribution in [2.75, 3.05) is 0 Å². The summed E-state index contributed by atoms with van der Waals surface area (Å²) in [4.78, 5) is 21.9. The third-order valence-electron chi connectivity index (χ3n) is 2.83. The fraction of sp³-hybridized carbons (Fsp3) is 0.231. The molecule has 21 heavy (non-hydrogen) atoms. The largest absolute Gasteiger partial charge is 0.404 e. The lowest BCUT2D eigenvalue weighted by atomic mass is 10.1. The van der Waals surface area contributed by atoms with Crippen LogP contribution in [0.4, 0.5) is 10.2 Å². The van der Waals surface area contributed by atoms with Gasteiger partial charge in [0.05, 0.1) is 17.8 Å². The van der Waals surface area contributed by atoms with Gasteiger partial charge in [-0.2, -0.15) is 4.68 Å². The Kier molecular flexibility index (Phi) is 4.79. The molecule has 0 N–H and O–H groups in total. The van der Waals surface area contributed by atoms with Crippen LogP contribution in [-0.4, -0.2) is 20.5 Å². The summed E-state index contributed by atoms with van der Waals surface area (Å²) >= 11 is 3.05. The van der Waals surface area contributed by atoms with Crippen molar-refractivity contribution in [2.45, 2.75) is 19.4 Å². The van der Waals surface area contributed by atoms with Crippen molar-refractivity contribution in [2.24, 2.45) is 0 Å². The number of nitro groups is 1. The van der Waals surface area contributed by atoms with Crippen molar-refractivity contribution < 1.29 is 14.1 Å². The molecule has 6 nitrogen and oxygen atoms in total. The molecule has 1 heterocycles. The highest BCUT2D eigenvalue weighted by Crippen LogP contribution is 2.22. The monoisotopic (exact) mass is 355 g/mol. The van der Waals surface area contributed by atoms with Gasteiger partial charge in [-0.25, -0.2) is 4.39 Å². The van der Waals surface area contributed by atoms with E-state index in [9.17, 15) is 19.3 Å². The maximum absolute atomic E-state index is 12.7. The van der Waals surface area contributed by atoms with Crippen molar-refractivity contribution in [3.8, 4) is 0 Å². The van der Waals surface area contributed by atoms with Gasteiger partial charge in [-0.15, -0.1) is 0 Å². The zero-order chi connectivity index (χ0) is 15.4. The number of hydrogen-bond donors (Lipinski definition) is 0. The van der Waals surface area contributed by atoms with E-state index in [1.807, 2.05) is 0 Å². The molecular formula is C13H11BrFN3O3. The zero-order valence-electron chi connectivity index (χ0n) is 10.8. The highest BCUT2D eigenvalue weighted by molar-refractivity contribution is 9.10. The molecule has 0 saturated carbocycles. The number of halogens is 2. The van der Waals surface area contributed by atoms with Crippen molar-refractivity contribution >= 4 is 27.5 Å². The van der Waals surface area contributed by atoms with E-state index in [-0.39, 0.29) is 23.8 Å². The van der Waals surface area contributed by atoms with Crippen LogP contribution in [0.15, 0.2) is 34.9 Å². The van der Waals surface area contributed by atoms with Crippen molar-refractivity contribution in [3.05, 3.63) is 56.4 Å². The first-order valence-corrected chi connectivity index (χ1v) is 6.93. The molecule has 2 rings (SSSR count). The van der Waals surface area contributed by atoms with E-state index in [1.54, 1.807) is 0 Å². The Morgan fingerprint density at radius 1 is 1.38 bits per heavy atom. The second-order valence-corrected chi connectivity index (χ2v) is 5.21. The van der Waals surface area contributed by atoms with E-state index >= 15 is 0 Å². The van der Waals surface area contributed by atoms with Crippen LogP contribution in [0.25, 0.3) is 0 Å². The van der Waals surface area contributed by atoms with Gasteiger partial charge in [-0.05, 0) is 51.5 Å². The molecule has 0 spiro atoms. The lowest BCUT2D eigenvalue weighted by Crippen LogP contribution is -2.04. The van der Waals surface area contributed by atoms with Crippen LogP contribution >= 0.6 is 15.9 Å². The second-order valence-electron chi connectivity index (χ2n) is 4.35. The van der Waals surface area contributed by atoms with Crippen LogP contribution in [0, 0.1) is 15.9 Å². The molecule has 110 valence electrons. The molecule has 1 aromatic heterocycles. The van der Waals surface area contributed by atoms with E-state index in [0.29, 0.717) is 23.0 Å². The zero-order valence-corrected chi connectivity index (χ0v) is 12.4. The number of rotatable bonds is 6. The van der Waals surface area contributed by atoms with E-state index in [2.05, 4.69) is 21.0 Å². The summed E-state index contributed by atoms with van der Waals surface area (Å²) in [6.45, 7) is 0.388. The molecule has 2 aromatic rings. The summed E-state index contributed by atoms with van der Waals surface area (Å²) in [7, 11) is 0. The van der Waals surface area contributed by atoms with Crippen LogP contribution in [0.2, 0.25) is 0 Å². The number of benzene rings is 1. The Morgan fingerprint density at radius 3 is 2.62 bits per heavy atom. The minimum atomic E-state index is -0.579. The predicted molar refractivity (Wildman–Crippen MR) is 76.5 cm³/mol. The molecule has 0 aliphatic rings. The summed E-state index contributed by atoms with van der Waals surface area (Å²) in [5.74, 6) is -0.740. The molecule has 0 aliphatic heterocycles. The summed E-state index contributed by atoms with van der Waals surface area (Å²) in [6, 6.07) is 5.35. The van der Waals surface area contributed by atoms with Gasteiger partial charge in [0.1, 0.15) is 10.3 Å². The Bertz CT molecular complexity index is 670. The summed E-state index contributed by atoms with van der Waals surface area (Å²) < 4.78 is 14.5. The quantitative estimate of drug-likeness (QED) is 0.452. The lowest BCUT2D eigenvalue weighted by molar-refractivity contribution is -0.390. The van der Waals surface area contributed by atoms with E-state index < -0.39 is 4.92 Å². The first-order chi connectivity index (χ1) is 9.97. The fourth-order valence-electron chi connectivity index (χ4n) is 1.81. The normalized spacial score (nSPS) is 10.6. The van der Waals surface area contributed by atoms with E-state index in [1.165, 1.54) is 35.1 Å². The Hall–Kier alpha value is -2.09. The average molecular weight is 356 g/mol. The highest BCUT2D eigenvalue weighted by Gasteiger charge is 2.18. The van der Waals surface area contributed by atoms with Crippen LogP contribution < -0.4 is 0 Å². The molecule has 0 bridgehead atoms. The predicted octanol–water partition coefficient (Wildman–Crippen LogP) is 3.36. The maximum Gasteiger partial charge on any atom is 0.404 e.